The average molecular weight is 359 g/mol. The Morgan fingerprint density at radius 2 is 2.00 bits per heavy atom. The maximum absolute atomic E-state index is 6.26. The van der Waals surface area contributed by atoms with Crippen molar-refractivity contribution in [1.82, 2.24) is 5.32 Å². The SMILES string of the molecule is CCC1(CC)C(NC)CC1Oc1ccccc1I. The molecule has 0 amide bonds. The summed E-state index contributed by atoms with van der Waals surface area (Å²) in [6, 6.07) is 8.87. The highest BCUT2D eigenvalue weighted by Crippen LogP contribution is 2.49. The van der Waals surface area contributed by atoms with Gasteiger partial charge in [-0.15, -0.1) is 0 Å². The van der Waals surface area contributed by atoms with E-state index in [4.69, 9.17) is 4.74 Å². The Bertz CT molecular complexity index is 403. The van der Waals surface area contributed by atoms with Crippen LogP contribution < -0.4 is 10.1 Å². The van der Waals surface area contributed by atoms with Crippen molar-refractivity contribution >= 4 is 22.6 Å². The molecule has 1 aliphatic rings. The lowest BCUT2D eigenvalue weighted by atomic mass is 9.58. The molecule has 100 valence electrons. The van der Waals surface area contributed by atoms with Gasteiger partial charge in [-0.3, -0.25) is 0 Å². The molecule has 2 atom stereocenters. The maximum atomic E-state index is 6.26. The van der Waals surface area contributed by atoms with E-state index in [1.54, 1.807) is 0 Å². The number of hydrogen-bond donors (Lipinski definition) is 1. The standard InChI is InChI=1S/C15H22INO/c1-4-15(5-2)13(17-3)10-14(15)18-12-9-7-6-8-11(12)16/h6-9,13-14,17H,4-5,10H2,1-3H3. The van der Waals surface area contributed by atoms with Crippen LogP contribution in [0.25, 0.3) is 0 Å². The van der Waals surface area contributed by atoms with Gasteiger partial charge in [0.15, 0.2) is 0 Å². The molecule has 2 unspecified atom stereocenters. The van der Waals surface area contributed by atoms with Gasteiger partial charge in [-0.1, -0.05) is 26.0 Å². The Morgan fingerprint density at radius 1 is 1.33 bits per heavy atom. The Morgan fingerprint density at radius 3 is 2.56 bits per heavy atom. The highest BCUT2D eigenvalue weighted by atomic mass is 127. The largest absolute Gasteiger partial charge is 0.489 e. The minimum atomic E-state index is 0.299. The van der Waals surface area contributed by atoms with Gasteiger partial charge in [0.1, 0.15) is 11.9 Å². The summed E-state index contributed by atoms with van der Waals surface area (Å²) in [5, 5.41) is 3.44. The highest BCUT2D eigenvalue weighted by Gasteiger charge is 2.53. The molecule has 0 aliphatic heterocycles. The normalized spacial score (nSPS) is 25.6. The van der Waals surface area contributed by atoms with Gasteiger partial charge in [-0.25, -0.2) is 0 Å². The number of nitrogens with one attached hydrogen (secondary N) is 1. The molecule has 1 fully saturated rings. The fourth-order valence-electron chi connectivity index (χ4n) is 3.21. The lowest BCUT2D eigenvalue weighted by Gasteiger charge is -2.55. The van der Waals surface area contributed by atoms with Crippen LogP contribution in [0.4, 0.5) is 0 Å². The summed E-state index contributed by atoms with van der Waals surface area (Å²) >= 11 is 2.34. The third kappa shape index (κ3) is 2.27. The summed E-state index contributed by atoms with van der Waals surface area (Å²) in [7, 11) is 2.06. The Labute approximate surface area is 124 Å². The smallest absolute Gasteiger partial charge is 0.133 e. The summed E-state index contributed by atoms with van der Waals surface area (Å²) in [4.78, 5) is 0. The first-order valence-electron chi connectivity index (χ1n) is 6.76. The molecular weight excluding hydrogens is 337 g/mol. The number of rotatable bonds is 5. The molecule has 0 spiro atoms. The molecule has 2 rings (SSSR count). The molecule has 1 aromatic carbocycles. The molecule has 1 aliphatic carbocycles. The summed E-state index contributed by atoms with van der Waals surface area (Å²) in [5.74, 6) is 1.03. The van der Waals surface area contributed by atoms with Gasteiger partial charge in [-0.2, -0.15) is 0 Å². The first kappa shape index (κ1) is 14.1. The molecule has 2 nitrogen and oxygen atoms in total. The molecule has 1 N–H and O–H groups in total. The van der Waals surface area contributed by atoms with Crippen molar-refractivity contribution in [2.24, 2.45) is 5.41 Å². The van der Waals surface area contributed by atoms with Gasteiger partial charge < -0.3 is 10.1 Å². The summed E-state index contributed by atoms with van der Waals surface area (Å²) in [6.45, 7) is 4.55. The number of para-hydroxylation sites is 1. The minimum absolute atomic E-state index is 0.299. The highest BCUT2D eigenvalue weighted by molar-refractivity contribution is 14.1. The third-order valence-corrected chi connectivity index (χ3v) is 5.45. The van der Waals surface area contributed by atoms with E-state index < -0.39 is 0 Å². The van der Waals surface area contributed by atoms with Crippen LogP contribution in [0.2, 0.25) is 0 Å². The van der Waals surface area contributed by atoms with Crippen LogP contribution in [0, 0.1) is 8.99 Å². The first-order valence-corrected chi connectivity index (χ1v) is 7.84. The molecular formula is C15H22INO. The fraction of sp³-hybridized carbons (Fsp3) is 0.600. The van der Waals surface area contributed by atoms with Gasteiger partial charge in [0.25, 0.3) is 0 Å². The van der Waals surface area contributed by atoms with Crippen LogP contribution in [0.1, 0.15) is 33.1 Å². The molecule has 0 aromatic heterocycles. The Kier molecular flexibility index (Phi) is 4.54. The molecule has 0 saturated heterocycles. The second-order valence-corrected chi connectivity index (χ2v) is 6.22. The predicted molar refractivity (Wildman–Crippen MR) is 84.1 cm³/mol. The number of halogens is 1. The van der Waals surface area contributed by atoms with Crippen molar-refractivity contribution in [2.75, 3.05) is 7.05 Å². The van der Waals surface area contributed by atoms with Crippen molar-refractivity contribution < 1.29 is 4.74 Å². The van der Waals surface area contributed by atoms with Crippen molar-refractivity contribution in [3.05, 3.63) is 27.8 Å². The molecule has 1 aromatic rings. The third-order valence-electron chi connectivity index (χ3n) is 4.56. The molecule has 1 saturated carbocycles. The second kappa shape index (κ2) is 5.78. The van der Waals surface area contributed by atoms with Crippen molar-refractivity contribution in [1.29, 1.82) is 0 Å². The van der Waals surface area contributed by atoms with E-state index >= 15 is 0 Å². The van der Waals surface area contributed by atoms with Gasteiger partial charge in [0.05, 0.1) is 3.57 Å². The first-order chi connectivity index (χ1) is 8.67. The average Bonchev–Trinajstić information content (AvgIpc) is 2.37. The van der Waals surface area contributed by atoms with E-state index in [9.17, 15) is 0 Å². The predicted octanol–water partition coefficient (Wildman–Crippen LogP) is 3.84. The Balaban J connectivity index is 2.13. The van der Waals surface area contributed by atoms with Crippen LogP contribution in [0.3, 0.4) is 0 Å². The Hall–Kier alpha value is -0.290. The van der Waals surface area contributed by atoms with Crippen molar-refractivity contribution in [3.8, 4) is 5.75 Å². The van der Waals surface area contributed by atoms with Crippen molar-refractivity contribution in [2.45, 2.75) is 45.3 Å². The second-order valence-electron chi connectivity index (χ2n) is 5.05. The van der Waals surface area contributed by atoms with E-state index in [1.807, 2.05) is 6.07 Å². The number of hydrogen-bond acceptors (Lipinski definition) is 2. The van der Waals surface area contributed by atoms with Crippen LogP contribution in [0.5, 0.6) is 5.75 Å². The molecule has 3 heteroatoms. The van der Waals surface area contributed by atoms with E-state index in [-0.39, 0.29) is 0 Å². The quantitative estimate of drug-likeness (QED) is 0.807. The van der Waals surface area contributed by atoms with E-state index in [2.05, 4.69) is 67.0 Å². The topological polar surface area (TPSA) is 21.3 Å². The summed E-state index contributed by atoms with van der Waals surface area (Å²) in [6.07, 6.45) is 3.80. The summed E-state index contributed by atoms with van der Waals surface area (Å²) < 4.78 is 7.46. The maximum Gasteiger partial charge on any atom is 0.133 e. The van der Waals surface area contributed by atoms with E-state index in [1.165, 1.54) is 16.4 Å². The molecule has 0 radical (unpaired) electrons. The fourth-order valence-corrected chi connectivity index (χ4v) is 3.72. The summed E-state index contributed by atoms with van der Waals surface area (Å²) in [5.41, 5.74) is 0.299. The lowest BCUT2D eigenvalue weighted by Crippen LogP contribution is -2.63. The van der Waals surface area contributed by atoms with Crippen LogP contribution in [-0.4, -0.2) is 19.2 Å². The van der Waals surface area contributed by atoms with E-state index in [0.717, 1.165) is 12.2 Å². The van der Waals surface area contributed by atoms with Gasteiger partial charge >= 0.3 is 0 Å². The minimum Gasteiger partial charge on any atom is -0.489 e. The molecule has 0 heterocycles. The van der Waals surface area contributed by atoms with Crippen LogP contribution >= 0.6 is 22.6 Å². The van der Waals surface area contributed by atoms with Gasteiger partial charge in [0.2, 0.25) is 0 Å². The zero-order chi connectivity index (χ0) is 13.2. The van der Waals surface area contributed by atoms with Crippen LogP contribution in [-0.2, 0) is 0 Å². The van der Waals surface area contributed by atoms with Gasteiger partial charge in [-0.05, 0) is 54.6 Å². The van der Waals surface area contributed by atoms with Crippen LogP contribution in [0.15, 0.2) is 24.3 Å². The zero-order valence-electron chi connectivity index (χ0n) is 11.4. The monoisotopic (exact) mass is 359 g/mol. The van der Waals surface area contributed by atoms with E-state index in [0.29, 0.717) is 17.6 Å². The lowest BCUT2D eigenvalue weighted by molar-refractivity contribution is -0.0839. The zero-order valence-corrected chi connectivity index (χ0v) is 13.5. The van der Waals surface area contributed by atoms with Gasteiger partial charge in [0, 0.05) is 17.9 Å². The molecule has 18 heavy (non-hydrogen) atoms. The number of ether oxygens (including phenoxy) is 1. The molecule has 0 bridgehead atoms. The number of benzene rings is 1. The van der Waals surface area contributed by atoms with Crippen molar-refractivity contribution in [3.63, 3.8) is 0 Å².